The Morgan fingerprint density at radius 3 is 1.87 bits per heavy atom. The Bertz CT molecular complexity index is 766. The van der Waals surface area contributed by atoms with E-state index in [-0.39, 0.29) is 6.54 Å². The summed E-state index contributed by atoms with van der Waals surface area (Å²) in [5.41, 5.74) is 8.80. The van der Waals surface area contributed by atoms with E-state index in [1.165, 1.54) is 0 Å². The molecule has 120 valence electrons. The second-order valence-electron chi connectivity index (χ2n) is 4.98. The van der Waals surface area contributed by atoms with Crippen LogP contribution in [0.25, 0.3) is 10.4 Å². The predicted molar refractivity (Wildman–Crippen MR) is 85.5 cm³/mol. The van der Waals surface area contributed by atoms with E-state index in [0.717, 1.165) is 7.05 Å². The summed E-state index contributed by atoms with van der Waals surface area (Å²) in [6.07, 6.45) is 0. The van der Waals surface area contributed by atoms with Gasteiger partial charge in [-0.15, -0.1) is 0 Å². The number of benzene rings is 2. The number of hydrogen-bond donors (Lipinski definition) is 0. The summed E-state index contributed by atoms with van der Waals surface area (Å²) in [5.74, 6) is 0. The predicted octanol–water partition coefficient (Wildman–Crippen LogP) is 3.39. The third kappa shape index (κ3) is 3.68. The fourth-order valence-corrected chi connectivity index (χ4v) is 2.74. The molecule has 2 rings (SSSR count). The average molecular weight is 334 g/mol. The summed E-state index contributed by atoms with van der Waals surface area (Å²) in [5, 5.41) is 3.86. The van der Waals surface area contributed by atoms with E-state index >= 15 is 0 Å². The largest absolute Gasteiger partial charge is 0.374 e. The third-order valence-corrected chi connectivity index (χ3v) is 4.42. The molecule has 0 spiro atoms. The van der Waals surface area contributed by atoms with Crippen molar-refractivity contribution in [3.63, 3.8) is 0 Å². The molecular weight excluding hydrogens is 319 g/mol. The van der Waals surface area contributed by atoms with Crippen molar-refractivity contribution in [3.8, 4) is 0 Å². The van der Waals surface area contributed by atoms with Gasteiger partial charge >= 0.3 is 10.4 Å². The van der Waals surface area contributed by atoms with Crippen LogP contribution in [0.4, 0.5) is 3.89 Å². The Morgan fingerprint density at radius 2 is 1.52 bits per heavy atom. The Balaban J connectivity index is 2.68. The maximum absolute atomic E-state index is 13.3. The number of likely N-dealkylation sites (N-methyl/N-ethyl adjacent to an activating group) is 1. The highest BCUT2D eigenvalue weighted by Crippen LogP contribution is 2.35. The molecule has 0 fully saturated rings. The van der Waals surface area contributed by atoms with Crippen LogP contribution in [-0.4, -0.2) is 26.3 Å². The molecule has 0 aliphatic heterocycles. The van der Waals surface area contributed by atoms with Gasteiger partial charge < -0.3 is 0 Å². The molecule has 0 atom stereocenters. The molecule has 0 aliphatic rings. The SMILES string of the molecule is CN(CC(N=[N+]=[N-])(c1ccccc1)c1ccccc1)S(=O)(=O)F. The van der Waals surface area contributed by atoms with Crippen molar-refractivity contribution in [2.24, 2.45) is 5.11 Å². The fraction of sp³-hybridized carbons (Fsp3) is 0.200. The van der Waals surface area contributed by atoms with Crippen LogP contribution in [0.1, 0.15) is 11.1 Å². The minimum atomic E-state index is -4.92. The van der Waals surface area contributed by atoms with Gasteiger partial charge in [-0.1, -0.05) is 69.7 Å². The van der Waals surface area contributed by atoms with Gasteiger partial charge in [0.25, 0.3) is 0 Å². The molecule has 6 nitrogen and oxygen atoms in total. The normalized spacial score (nSPS) is 12.0. The summed E-state index contributed by atoms with van der Waals surface area (Å²) in [4.78, 5) is 2.88. The van der Waals surface area contributed by atoms with E-state index in [2.05, 4.69) is 10.0 Å². The zero-order valence-electron chi connectivity index (χ0n) is 12.4. The minimum Gasteiger partial charge on any atom is -0.177 e. The summed E-state index contributed by atoms with van der Waals surface area (Å²) < 4.78 is 36.3. The smallest absolute Gasteiger partial charge is 0.177 e. The van der Waals surface area contributed by atoms with Crippen molar-refractivity contribution in [2.75, 3.05) is 13.6 Å². The van der Waals surface area contributed by atoms with Crippen molar-refractivity contribution in [1.82, 2.24) is 4.31 Å². The lowest BCUT2D eigenvalue weighted by atomic mass is 9.83. The topological polar surface area (TPSA) is 86.1 Å². The summed E-state index contributed by atoms with van der Waals surface area (Å²) in [6.45, 7) is -0.357. The molecule has 0 heterocycles. The molecule has 0 radical (unpaired) electrons. The van der Waals surface area contributed by atoms with Crippen LogP contribution < -0.4 is 0 Å². The highest BCUT2D eigenvalue weighted by molar-refractivity contribution is 7.83. The highest BCUT2D eigenvalue weighted by atomic mass is 32.3. The van der Waals surface area contributed by atoms with Gasteiger partial charge in [-0.3, -0.25) is 0 Å². The number of halogens is 1. The lowest BCUT2D eigenvalue weighted by Gasteiger charge is -2.32. The molecule has 0 bridgehead atoms. The van der Waals surface area contributed by atoms with Gasteiger partial charge in [-0.2, -0.15) is 12.7 Å². The van der Waals surface area contributed by atoms with Crippen LogP contribution in [0.5, 0.6) is 0 Å². The first-order chi connectivity index (χ1) is 10.9. The zero-order chi connectivity index (χ0) is 16.9. The van der Waals surface area contributed by atoms with Crippen molar-refractivity contribution in [2.45, 2.75) is 5.54 Å². The first-order valence-electron chi connectivity index (χ1n) is 6.73. The molecule has 0 N–H and O–H groups in total. The fourth-order valence-electron chi connectivity index (χ4n) is 2.40. The highest BCUT2D eigenvalue weighted by Gasteiger charge is 2.37. The van der Waals surface area contributed by atoms with E-state index in [0.29, 0.717) is 15.4 Å². The van der Waals surface area contributed by atoms with Gasteiger partial charge in [-0.05, 0) is 16.7 Å². The first-order valence-corrected chi connectivity index (χ1v) is 8.07. The van der Waals surface area contributed by atoms with E-state index < -0.39 is 15.9 Å². The van der Waals surface area contributed by atoms with E-state index in [4.69, 9.17) is 5.53 Å². The molecule has 2 aromatic rings. The van der Waals surface area contributed by atoms with Gasteiger partial charge in [0, 0.05) is 18.5 Å². The maximum Gasteiger partial charge on any atom is 0.374 e. The molecule has 0 saturated carbocycles. The summed E-state index contributed by atoms with van der Waals surface area (Å²) in [7, 11) is -3.82. The summed E-state index contributed by atoms with van der Waals surface area (Å²) in [6, 6.07) is 17.4. The Kier molecular flexibility index (Phi) is 5.00. The average Bonchev–Trinajstić information content (AvgIpc) is 2.55. The molecule has 0 aromatic heterocycles. The minimum absolute atomic E-state index is 0.357. The second-order valence-corrected chi connectivity index (χ2v) is 6.43. The molecule has 0 unspecified atom stereocenters. The first kappa shape index (κ1) is 17.0. The molecule has 8 heteroatoms. The monoisotopic (exact) mass is 334 g/mol. The van der Waals surface area contributed by atoms with Gasteiger partial charge in [-0.25, -0.2) is 0 Å². The van der Waals surface area contributed by atoms with Crippen LogP contribution in [0, 0.1) is 0 Å². The Hall–Kier alpha value is -2.41. The molecule has 23 heavy (non-hydrogen) atoms. The quantitative estimate of drug-likeness (QED) is 0.351. The van der Waals surface area contributed by atoms with Crippen LogP contribution >= 0.6 is 0 Å². The zero-order valence-corrected chi connectivity index (χ0v) is 13.2. The summed E-state index contributed by atoms with van der Waals surface area (Å²) >= 11 is 0. The van der Waals surface area contributed by atoms with E-state index in [1.807, 2.05) is 0 Å². The molecular formula is C15H15FN4O2S. The lowest BCUT2D eigenvalue weighted by Crippen LogP contribution is -2.40. The van der Waals surface area contributed by atoms with E-state index in [1.54, 1.807) is 60.7 Å². The van der Waals surface area contributed by atoms with Gasteiger partial charge in [0.15, 0.2) is 0 Å². The lowest BCUT2D eigenvalue weighted by molar-refractivity contribution is 0.361. The number of azide groups is 1. The Morgan fingerprint density at radius 1 is 1.09 bits per heavy atom. The van der Waals surface area contributed by atoms with Crippen LogP contribution in [-0.2, 0) is 15.9 Å². The van der Waals surface area contributed by atoms with Crippen molar-refractivity contribution in [3.05, 3.63) is 82.2 Å². The number of rotatable bonds is 6. The number of hydrogen-bond acceptors (Lipinski definition) is 3. The van der Waals surface area contributed by atoms with Crippen molar-refractivity contribution < 1.29 is 12.3 Å². The van der Waals surface area contributed by atoms with E-state index in [9.17, 15) is 12.3 Å². The van der Waals surface area contributed by atoms with Crippen LogP contribution in [0.15, 0.2) is 65.8 Å². The third-order valence-electron chi connectivity index (χ3n) is 3.54. The maximum atomic E-state index is 13.3. The van der Waals surface area contributed by atoms with Crippen molar-refractivity contribution in [1.29, 1.82) is 0 Å². The van der Waals surface area contributed by atoms with Crippen LogP contribution in [0.3, 0.4) is 0 Å². The standard InChI is InChI=1S/C15H15FN4O2S/c1-20(23(16,21)22)12-15(18-19-17,13-8-4-2-5-9-13)14-10-6-3-7-11-14/h2-11H,12H2,1H3. The molecule has 0 aliphatic carbocycles. The van der Waals surface area contributed by atoms with Crippen molar-refractivity contribution >= 4 is 10.4 Å². The van der Waals surface area contributed by atoms with Gasteiger partial charge in [0.05, 0.1) is 0 Å². The van der Waals surface area contributed by atoms with Gasteiger partial charge in [0.2, 0.25) is 0 Å². The number of nitrogens with zero attached hydrogens (tertiary/aromatic N) is 4. The molecule has 0 amide bonds. The van der Waals surface area contributed by atoms with Gasteiger partial charge in [0.1, 0.15) is 5.54 Å². The second kappa shape index (κ2) is 6.78. The Labute approximate surface area is 134 Å². The molecule has 2 aromatic carbocycles. The molecule has 0 saturated heterocycles. The van der Waals surface area contributed by atoms with Crippen LogP contribution in [0.2, 0.25) is 0 Å².